The maximum absolute atomic E-state index is 12.1. The Morgan fingerprint density at radius 3 is 2.71 bits per heavy atom. The number of β-amino-alcohol motifs (C(OH)–C–C–N with tert-alkyl or cyclic N) is 1. The Morgan fingerprint density at radius 1 is 1.38 bits per heavy atom. The molecule has 1 aliphatic rings. The van der Waals surface area contributed by atoms with Gasteiger partial charge in [0.2, 0.25) is 0 Å². The van der Waals surface area contributed by atoms with Crippen molar-refractivity contribution in [2.24, 2.45) is 0 Å². The first-order valence-corrected chi connectivity index (χ1v) is 6.63. The van der Waals surface area contributed by atoms with Gasteiger partial charge in [0.05, 0.1) is 12.1 Å². The summed E-state index contributed by atoms with van der Waals surface area (Å²) in [7, 11) is 0. The summed E-state index contributed by atoms with van der Waals surface area (Å²) in [6, 6.07) is 3.42. The van der Waals surface area contributed by atoms with E-state index in [-0.39, 0.29) is 23.5 Å². The van der Waals surface area contributed by atoms with Crippen LogP contribution in [0.2, 0.25) is 0 Å². The number of aromatic hydroxyl groups is 1. The summed E-state index contributed by atoms with van der Waals surface area (Å²) in [6.07, 6.45) is 1.34. The number of likely N-dealkylation sites (tertiary alicyclic amines) is 1. The van der Waals surface area contributed by atoms with Crippen LogP contribution in [0.15, 0.2) is 18.2 Å². The first-order chi connectivity index (χ1) is 9.78. The molecule has 2 amide bonds. The van der Waals surface area contributed by atoms with E-state index in [0.717, 1.165) is 0 Å². The summed E-state index contributed by atoms with van der Waals surface area (Å²) in [4.78, 5) is 24.5. The number of carbonyl (C=O) groups is 2. The van der Waals surface area contributed by atoms with E-state index in [4.69, 9.17) is 5.11 Å². The van der Waals surface area contributed by atoms with Crippen LogP contribution in [0, 0.1) is 0 Å². The van der Waals surface area contributed by atoms with Crippen LogP contribution in [-0.4, -0.2) is 50.9 Å². The van der Waals surface area contributed by atoms with Crippen LogP contribution in [0.4, 0.5) is 10.5 Å². The summed E-state index contributed by atoms with van der Waals surface area (Å²) in [6.45, 7) is 2.43. The van der Waals surface area contributed by atoms with Gasteiger partial charge in [-0.15, -0.1) is 0 Å². The number of aromatic carboxylic acids is 1. The number of carbonyl (C=O) groups excluding carboxylic acids is 1. The van der Waals surface area contributed by atoms with Crippen molar-refractivity contribution in [2.45, 2.75) is 25.4 Å². The molecule has 1 heterocycles. The van der Waals surface area contributed by atoms with Gasteiger partial charge < -0.3 is 25.5 Å². The lowest BCUT2D eigenvalue weighted by Crippen LogP contribution is -2.49. The maximum atomic E-state index is 12.1. The van der Waals surface area contributed by atoms with E-state index in [2.05, 4.69) is 5.32 Å². The molecular formula is C14H18N2O5. The van der Waals surface area contributed by atoms with Gasteiger partial charge in [-0.2, -0.15) is 0 Å². The molecule has 1 aromatic rings. The number of hydrogen-bond acceptors (Lipinski definition) is 4. The number of nitrogens with zero attached hydrogens (tertiary/aromatic N) is 1. The van der Waals surface area contributed by atoms with E-state index < -0.39 is 17.6 Å². The average molecular weight is 294 g/mol. The third-order valence-corrected chi connectivity index (χ3v) is 3.44. The number of hydrogen-bond donors (Lipinski definition) is 4. The van der Waals surface area contributed by atoms with Gasteiger partial charge in [-0.1, -0.05) is 0 Å². The van der Waals surface area contributed by atoms with Gasteiger partial charge in [0, 0.05) is 12.2 Å². The zero-order chi connectivity index (χ0) is 15.6. The highest BCUT2D eigenvalue weighted by molar-refractivity contribution is 5.95. The zero-order valence-corrected chi connectivity index (χ0v) is 11.7. The fourth-order valence-corrected chi connectivity index (χ4v) is 2.38. The lowest BCUT2D eigenvalue weighted by Gasteiger charge is -2.36. The van der Waals surface area contributed by atoms with E-state index in [1.54, 1.807) is 6.92 Å². The zero-order valence-electron chi connectivity index (χ0n) is 11.7. The monoisotopic (exact) mass is 294 g/mol. The van der Waals surface area contributed by atoms with Crippen molar-refractivity contribution in [1.29, 1.82) is 0 Å². The van der Waals surface area contributed by atoms with Crippen molar-refractivity contribution in [3.05, 3.63) is 23.8 Å². The molecular weight excluding hydrogens is 276 g/mol. The number of anilines is 1. The van der Waals surface area contributed by atoms with Crippen LogP contribution in [-0.2, 0) is 0 Å². The van der Waals surface area contributed by atoms with Gasteiger partial charge in [-0.25, -0.2) is 9.59 Å². The number of phenols is 1. The van der Waals surface area contributed by atoms with Gasteiger partial charge in [-0.3, -0.25) is 0 Å². The molecule has 4 N–H and O–H groups in total. The Kier molecular flexibility index (Phi) is 4.04. The van der Waals surface area contributed by atoms with E-state index in [9.17, 15) is 19.8 Å². The molecule has 1 saturated heterocycles. The number of carboxylic acid groups (broad SMARTS) is 1. The molecule has 1 fully saturated rings. The topological polar surface area (TPSA) is 110 Å². The number of piperidine rings is 1. The van der Waals surface area contributed by atoms with Crippen LogP contribution >= 0.6 is 0 Å². The van der Waals surface area contributed by atoms with Crippen LogP contribution in [0.1, 0.15) is 30.1 Å². The minimum Gasteiger partial charge on any atom is -0.507 e. The molecule has 1 atom stereocenters. The lowest BCUT2D eigenvalue weighted by atomic mass is 9.95. The van der Waals surface area contributed by atoms with Gasteiger partial charge in [0.15, 0.2) is 0 Å². The number of carboxylic acids is 1. The Hall–Kier alpha value is -2.28. The Bertz CT molecular complexity index is 570. The van der Waals surface area contributed by atoms with Gasteiger partial charge >= 0.3 is 12.0 Å². The van der Waals surface area contributed by atoms with Crippen LogP contribution in [0.25, 0.3) is 0 Å². The number of aliphatic hydroxyl groups is 1. The summed E-state index contributed by atoms with van der Waals surface area (Å²) in [5, 5.41) is 30.9. The number of rotatable bonds is 2. The SMILES string of the molecule is CC1(O)CCCN(C(=O)Nc2ccc(O)c(C(=O)O)c2)C1. The second-order valence-corrected chi connectivity index (χ2v) is 5.49. The van der Waals surface area contributed by atoms with Crippen molar-refractivity contribution in [2.75, 3.05) is 18.4 Å². The largest absolute Gasteiger partial charge is 0.507 e. The highest BCUT2D eigenvalue weighted by Crippen LogP contribution is 2.23. The molecule has 7 nitrogen and oxygen atoms in total. The van der Waals surface area contributed by atoms with Crippen LogP contribution < -0.4 is 5.32 Å². The summed E-state index contributed by atoms with van der Waals surface area (Å²) >= 11 is 0. The molecule has 0 aliphatic carbocycles. The van der Waals surface area contributed by atoms with Crippen molar-refractivity contribution >= 4 is 17.7 Å². The molecule has 7 heteroatoms. The molecule has 0 spiro atoms. The summed E-state index contributed by atoms with van der Waals surface area (Å²) in [5.41, 5.74) is -0.907. The smallest absolute Gasteiger partial charge is 0.339 e. The normalized spacial score (nSPS) is 21.9. The molecule has 1 aromatic carbocycles. The second kappa shape index (κ2) is 5.61. The van der Waals surface area contributed by atoms with E-state index >= 15 is 0 Å². The second-order valence-electron chi connectivity index (χ2n) is 5.49. The van der Waals surface area contributed by atoms with Gasteiger partial charge in [-0.05, 0) is 38.0 Å². The highest BCUT2D eigenvalue weighted by Gasteiger charge is 2.31. The molecule has 1 aliphatic heterocycles. The standard InChI is InChI=1S/C14H18N2O5/c1-14(21)5-2-6-16(8-14)13(20)15-9-3-4-11(17)10(7-9)12(18)19/h3-4,7,17,21H,2,5-6,8H2,1H3,(H,15,20)(H,18,19). The van der Waals surface area contributed by atoms with Crippen molar-refractivity contribution < 1.29 is 24.9 Å². The average Bonchev–Trinajstić information content (AvgIpc) is 2.39. The molecule has 1 unspecified atom stereocenters. The fraction of sp³-hybridized carbons (Fsp3) is 0.429. The predicted octanol–water partition coefficient (Wildman–Crippen LogP) is 1.47. The van der Waals surface area contributed by atoms with Gasteiger partial charge in [0.25, 0.3) is 0 Å². The molecule has 0 radical (unpaired) electrons. The maximum Gasteiger partial charge on any atom is 0.339 e. The van der Waals surface area contributed by atoms with Crippen LogP contribution in [0.5, 0.6) is 5.75 Å². The van der Waals surface area contributed by atoms with Crippen molar-refractivity contribution in [3.8, 4) is 5.75 Å². The van der Waals surface area contributed by atoms with Crippen molar-refractivity contribution in [1.82, 2.24) is 4.90 Å². The molecule has 0 saturated carbocycles. The molecule has 0 bridgehead atoms. The van der Waals surface area contributed by atoms with E-state index in [1.807, 2.05) is 0 Å². The number of benzene rings is 1. The lowest BCUT2D eigenvalue weighted by molar-refractivity contribution is -0.000636. The Labute approximate surface area is 121 Å². The van der Waals surface area contributed by atoms with E-state index in [1.165, 1.54) is 23.1 Å². The third kappa shape index (κ3) is 3.63. The highest BCUT2D eigenvalue weighted by atomic mass is 16.4. The predicted molar refractivity (Wildman–Crippen MR) is 75.5 cm³/mol. The minimum atomic E-state index is -1.27. The Balaban J connectivity index is 2.09. The minimum absolute atomic E-state index is 0.225. The number of urea groups is 1. The number of amides is 2. The first-order valence-electron chi connectivity index (χ1n) is 6.63. The van der Waals surface area contributed by atoms with E-state index in [0.29, 0.717) is 19.4 Å². The molecule has 2 rings (SSSR count). The quantitative estimate of drug-likeness (QED) is 0.617. The first kappa shape index (κ1) is 15.1. The molecule has 21 heavy (non-hydrogen) atoms. The van der Waals surface area contributed by atoms with Crippen molar-refractivity contribution in [3.63, 3.8) is 0 Å². The van der Waals surface area contributed by atoms with Crippen LogP contribution in [0.3, 0.4) is 0 Å². The third-order valence-electron chi connectivity index (χ3n) is 3.44. The Morgan fingerprint density at radius 2 is 2.10 bits per heavy atom. The summed E-state index contributed by atoms with van der Waals surface area (Å²) in [5.74, 6) is -1.63. The molecule has 114 valence electrons. The summed E-state index contributed by atoms with van der Waals surface area (Å²) < 4.78 is 0. The molecule has 0 aromatic heterocycles. The van der Waals surface area contributed by atoms with Gasteiger partial charge in [0.1, 0.15) is 11.3 Å². The fourth-order valence-electron chi connectivity index (χ4n) is 2.38. The number of nitrogens with one attached hydrogen (secondary N) is 1.